The summed E-state index contributed by atoms with van der Waals surface area (Å²) in [6.07, 6.45) is 0. The van der Waals surface area contributed by atoms with Gasteiger partial charge >= 0.3 is 0 Å². The predicted octanol–water partition coefficient (Wildman–Crippen LogP) is 26.1. The number of fused-ring (bicyclic) bond motifs is 16. The van der Waals surface area contributed by atoms with Gasteiger partial charge < -0.3 is 4.42 Å². The molecule has 0 N–H and O–H groups in total. The van der Waals surface area contributed by atoms with Gasteiger partial charge in [0.1, 0.15) is 11.2 Å². The summed E-state index contributed by atoms with van der Waals surface area (Å²) in [7, 11) is 0. The van der Waals surface area contributed by atoms with Crippen LogP contribution in [0.25, 0.3) is 176 Å². The summed E-state index contributed by atoms with van der Waals surface area (Å²) in [6.45, 7) is 9.92. The maximum atomic E-state index is 7.31. The fraction of sp³-hybridized carbons (Fsp3) is 0.0638. The molecule has 16 aromatic carbocycles. The number of hydrogen-bond acceptors (Lipinski definition) is 1. The van der Waals surface area contributed by atoms with E-state index in [4.69, 9.17) is 4.42 Å². The smallest absolute Gasteiger partial charge is 0.144 e. The Kier molecular flexibility index (Phi) is 12.1. The highest BCUT2D eigenvalue weighted by atomic mass is 16.3. The van der Waals surface area contributed by atoms with Crippen LogP contribution < -0.4 is 0 Å². The zero-order chi connectivity index (χ0) is 63.3. The Bertz CT molecular complexity index is 5810. The molecule has 446 valence electrons. The minimum atomic E-state index is -0.419. The summed E-state index contributed by atoms with van der Waals surface area (Å²) in [5.74, 6) is 0. The van der Waals surface area contributed by atoms with Gasteiger partial charge in [-0.1, -0.05) is 289 Å². The van der Waals surface area contributed by atoms with E-state index in [2.05, 4.69) is 343 Å². The maximum absolute atomic E-state index is 7.31. The maximum Gasteiger partial charge on any atom is 0.144 e. The van der Waals surface area contributed by atoms with Gasteiger partial charge in [-0.2, -0.15) is 0 Å². The predicted molar refractivity (Wildman–Crippen MR) is 402 cm³/mol. The third kappa shape index (κ3) is 8.29. The molecule has 0 spiro atoms. The lowest BCUT2D eigenvalue weighted by atomic mass is 9.71. The molecule has 0 aliphatic heterocycles. The summed E-state index contributed by atoms with van der Waals surface area (Å²) in [4.78, 5) is 0. The number of benzene rings is 16. The second-order valence-electron chi connectivity index (χ2n) is 27.3. The fourth-order valence-electron chi connectivity index (χ4n) is 17.1. The van der Waals surface area contributed by atoms with Gasteiger partial charge in [0.25, 0.3) is 0 Å². The van der Waals surface area contributed by atoms with Gasteiger partial charge in [-0.3, -0.25) is 0 Å². The number of furan rings is 1. The van der Waals surface area contributed by atoms with Gasteiger partial charge in [-0.25, -0.2) is 0 Å². The lowest BCUT2D eigenvalue weighted by Crippen LogP contribution is -2.24. The number of hydrogen-bond donors (Lipinski definition) is 0. The molecule has 0 fully saturated rings. The first-order valence-electron chi connectivity index (χ1n) is 33.4. The van der Waals surface area contributed by atoms with Crippen LogP contribution in [0.4, 0.5) is 0 Å². The van der Waals surface area contributed by atoms with E-state index >= 15 is 0 Å². The molecule has 0 radical (unpaired) electrons. The lowest BCUT2D eigenvalue weighted by Gasteiger charge is -2.31. The van der Waals surface area contributed by atoms with Gasteiger partial charge in [-0.15, -0.1) is 0 Å². The molecule has 95 heavy (non-hydrogen) atoms. The van der Waals surface area contributed by atoms with Crippen LogP contribution in [-0.2, 0) is 10.8 Å². The van der Waals surface area contributed by atoms with Crippen LogP contribution in [0.15, 0.2) is 320 Å². The Morgan fingerprint density at radius 2 is 0.484 bits per heavy atom. The van der Waals surface area contributed by atoms with Crippen molar-refractivity contribution in [2.24, 2.45) is 0 Å². The van der Waals surface area contributed by atoms with E-state index in [9.17, 15) is 0 Å². The molecule has 0 unspecified atom stereocenters. The van der Waals surface area contributed by atoms with Crippen molar-refractivity contribution in [1.29, 1.82) is 0 Å². The van der Waals surface area contributed by atoms with E-state index in [0.29, 0.717) is 0 Å². The van der Waals surface area contributed by atoms with Crippen molar-refractivity contribution in [2.75, 3.05) is 0 Å². The number of rotatable bonds is 8. The zero-order valence-corrected chi connectivity index (χ0v) is 53.4. The van der Waals surface area contributed by atoms with Crippen LogP contribution in [-0.4, -0.2) is 0 Å². The molecule has 2 aliphatic carbocycles. The minimum Gasteiger partial charge on any atom is -0.455 e. The topological polar surface area (TPSA) is 13.1 Å². The molecule has 1 nitrogen and oxygen atoms in total. The van der Waals surface area contributed by atoms with Crippen molar-refractivity contribution in [3.8, 4) is 111 Å². The minimum absolute atomic E-state index is 0.406. The van der Waals surface area contributed by atoms with E-state index in [0.717, 1.165) is 16.6 Å². The molecule has 1 heterocycles. The molecule has 0 amide bonds. The van der Waals surface area contributed by atoms with E-state index in [-0.39, 0.29) is 0 Å². The van der Waals surface area contributed by atoms with Crippen LogP contribution >= 0.6 is 0 Å². The van der Waals surface area contributed by atoms with Crippen LogP contribution in [0.5, 0.6) is 0 Å². The molecular formula is C94H64O. The first-order chi connectivity index (χ1) is 46.7. The molecule has 0 atom stereocenters. The van der Waals surface area contributed by atoms with Gasteiger partial charge in [0.05, 0.1) is 0 Å². The fourth-order valence-corrected chi connectivity index (χ4v) is 17.1. The first-order valence-corrected chi connectivity index (χ1v) is 33.4. The monoisotopic (exact) mass is 1210 g/mol. The van der Waals surface area contributed by atoms with E-state index in [1.807, 2.05) is 0 Å². The van der Waals surface area contributed by atoms with Gasteiger partial charge in [0, 0.05) is 27.2 Å². The SMILES string of the molecule is CC1(C)c2cc(-c3c4ccccc4c(-c4cc(-c5ccccc5)cc(-c5ccccc5)c4)c4ccccc34)ccc2-c2c1c1c(c3c2oc2ccccc23)-c2ccc(-c3c4ccccc4c(-c4cc(-c5ccccc5)cc(-c5ccccc5)c4)c4ccccc34)cc2C1(C)C. The number of para-hydroxylation sites is 1. The quantitative estimate of drug-likeness (QED) is 0.138. The van der Waals surface area contributed by atoms with E-state index in [1.54, 1.807) is 0 Å². The molecule has 17 aromatic rings. The van der Waals surface area contributed by atoms with Crippen molar-refractivity contribution >= 4 is 65.0 Å². The molecule has 19 rings (SSSR count). The first kappa shape index (κ1) is 55.0. The zero-order valence-electron chi connectivity index (χ0n) is 53.4. The van der Waals surface area contributed by atoms with Gasteiger partial charge in [0.15, 0.2) is 0 Å². The van der Waals surface area contributed by atoms with Crippen LogP contribution in [0.1, 0.15) is 49.9 Å². The van der Waals surface area contributed by atoms with Gasteiger partial charge in [-0.05, 0) is 226 Å². The van der Waals surface area contributed by atoms with Crippen molar-refractivity contribution in [2.45, 2.75) is 38.5 Å². The van der Waals surface area contributed by atoms with Crippen molar-refractivity contribution in [3.63, 3.8) is 0 Å². The van der Waals surface area contributed by atoms with Crippen molar-refractivity contribution in [1.82, 2.24) is 0 Å². The molecule has 0 saturated heterocycles. The average molecular weight is 1210 g/mol. The summed E-state index contributed by atoms with van der Waals surface area (Å²) in [6, 6.07) is 118. The third-order valence-corrected chi connectivity index (χ3v) is 21.3. The van der Waals surface area contributed by atoms with Crippen LogP contribution in [0.3, 0.4) is 0 Å². The summed E-state index contributed by atoms with van der Waals surface area (Å²) < 4.78 is 7.31. The normalized spacial score (nSPS) is 13.4. The van der Waals surface area contributed by atoms with Crippen molar-refractivity contribution < 1.29 is 4.42 Å². The second kappa shape index (κ2) is 20.9. The van der Waals surface area contributed by atoms with Gasteiger partial charge in [0.2, 0.25) is 0 Å². The average Bonchev–Trinajstić information content (AvgIpc) is 1.51. The Morgan fingerprint density at radius 1 is 0.211 bits per heavy atom. The molecular weight excluding hydrogens is 1150 g/mol. The third-order valence-electron chi connectivity index (χ3n) is 21.3. The Labute approximate surface area is 553 Å². The molecule has 1 heteroatoms. The highest BCUT2D eigenvalue weighted by Gasteiger charge is 2.49. The molecule has 2 aliphatic rings. The second-order valence-corrected chi connectivity index (χ2v) is 27.3. The Hall–Kier alpha value is -11.6. The summed E-state index contributed by atoms with van der Waals surface area (Å²) in [5, 5.41) is 12.2. The highest BCUT2D eigenvalue weighted by molar-refractivity contribution is 6.25. The largest absolute Gasteiger partial charge is 0.455 e. The Morgan fingerprint density at radius 3 is 0.832 bits per heavy atom. The summed E-state index contributed by atoms with van der Waals surface area (Å²) in [5.41, 5.74) is 30.9. The highest BCUT2D eigenvalue weighted by Crippen LogP contribution is 2.64. The summed E-state index contributed by atoms with van der Waals surface area (Å²) >= 11 is 0. The molecule has 0 saturated carbocycles. The molecule has 0 bridgehead atoms. The Balaban J connectivity index is 0.789. The van der Waals surface area contributed by atoms with Crippen LogP contribution in [0.2, 0.25) is 0 Å². The van der Waals surface area contributed by atoms with Crippen molar-refractivity contribution in [3.05, 3.63) is 338 Å². The van der Waals surface area contributed by atoms with Crippen LogP contribution in [0, 0.1) is 0 Å². The standard InChI is InChI=1S/C94H64O/c1-93(2)80-55-61(83-69-35-17-21-39-73(69)85(74-40-22-18-36-70(74)83)67-51-63(57-27-9-5-10-28-57)49-64(52-67)58-29-11-6-12-30-58)45-47-77(80)87-88-79-43-25-26-44-82(79)95-92(88)89-78-48-46-62(56-81(78)94(3,4)91(89)90(87)93)84-71-37-19-23-41-75(71)86(76-42-24-20-38-72(76)84)68-53-65(59-31-13-7-14-32-59)50-66(54-68)60-33-15-8-16-34-60/h5-56H,1-4H3. The molecule has 1 aromatic heterocycles. The lowest BCUT2D eigenvalue weighted by molar-refractivity contribution is 0.600. The van der Waals surface area contributed by atoms with E-state index < -0.39 is 10.8 Å². The van der Waals surface area contributed by atoms with E-state index in [1.165, 1.54) is 182 Å².